The van der Waals surface area contributed by atoms with E-state index >= 15 is 0 Å². The second-order valence-electron chi connectivity index (χ2n) is 9.58. The smallest absolute Gasteiger partial charge is 0.324 e. The summed E-state index contributed by atoms with van der Waals surface area (Å²) in [6.07, 6.45) is 0. The number of hydrogen-bond acceptors (Lipinski definition) is 6. The van der Waals surface area contributed by atoms with Gasteiger partial charge in [-0.25, -0.2) is 4.90 Å². The molecule has 8 heteroatoms. The number of carboxylic acids is 1. The zero-order valence-electron chi connectivity index (χ0n) is 20.8. The quantitative estimate of drug-likeness (QED) is 0.475. The predicted molar refractivity (Wildman–Crippen MR) is 136 cm³/mol. The number of nitrogens with one attached hydrogen (secondary N) is 1. The van der Waals surface area contributed by atoms with Gasteiger partial charge in [0.25, 0.3) is 0 Å². The molecule has 37 heavy (non-hydrogen) atoms. The highest BCUT2D eigenvalue weighted by Gasteiger charge is 2.67. The maximum absolute atomic E-state index is 13.9. The highest BCUT2D eigenvalue weighted by Crippen LogP contribution is 2.52. The van der Waals surface area contributed by atoms with E-state index in [0.29, 0.717) is 22.7 Å². The third-order valence-electron chi connectivity index (χ3n) is 7.38. The van der Waals surface area contributed by atoms with Gasteiger partial charge in [-0.2, -0.15) is 0 Å². The Morgan fingerprint density at radius 3 is 2.38 bits per heavy atom. The number of carboxylic acid groups (broad SMARTS) is 1. The molecule has 0 saturated carbocycles. The van der Waals surface area contributed by atoms with Crippen molar-refractivity contribution < 1.29 is 29.0 Å². The molecule has 3 aromatic carbocycles. The molecule has 2 N–H and O–H groups in total. The van der Waals surface area contributed by atoms with Crippen LogP contribution in [0.5, 0.6) is 11.5 Å². The Bertz CT molecular complexity index is 1370. The number of benzene rings is 3. The maximum atomic E-state index is 13.9. The Kier molecular flexibility index (Phi) is 6.21. The fraction of sp³-hybridized carbons (Fsp3) is 0.276. The van der Waals surface area contributed by atoms with Crippen LogP contribution >= 0.6 is 0 Å². The van der Waals surface area contributed by atoms with E-state index in [2.05, 4.69) is 5.32 Å². The highest BCUT2D eigenvalue weighted by molar-refractivity contribution is 6.24. The number of aryl methyl sites for hydroxylation is 1. The van der Waals surface area contributed by atoms with Crippen molar-refractivity contribution in [3.63, 3.8) is 0 Å². The number of anilines is 1. The Hall–Kier alpha value is -4.17. The van der Waals surface area contributed by atoms with Crippen LogP contribution in [0.15, 0.2) is 72.8 Å². The van der Waals surface area contributed by atoms with E-state index in [-0.39, 0.29) is 6.61 Å². The monoisotopic (exact) mass is 500 g/mol. The minimum atomic E-state index is -1.67. The standard InChI is InChI=1S/C29H28N2O6/c1-17-10-7-8-14-20(17)31-26(32)22-23(27(31)33)29(2,28(34)35)30-24(22)19-13-9-15-21(36-3)25(19)37-16-18-11-5-4-6-12-18/h4-15,22-24,30H,16H2,1-3H3,(H,34,35). The molecule has 2 amide bonds. The Morgan fingerprint density at radius 2 is 1.70 bits per heavy atom. The summed E-state index contributed by atoms with van der Waals surface area (Å²) < 4.78 is 11.8. The third-order valence-corrected chi connectivity index (χ3v) is 7.38. The summed E-state index contributed by atoms with van der Waals surface area (Å²) >= 11 is 0. The molecule has 0 radical (unpaired) electrons. The number of nitrogens with zero attached hydrogens (tertiary/aromatic N) is 1. The highest BCUT2D eigenvalue weighted by atomic mass is 16.5. The van der Waals surface area contributed by atoms with Gasteiger partial charge in [0, 0.05) is 11.6 Å². The van der Waals surface area contributed by atoms with E-state index in [0.717, 1.165) is 16.0 Å². The number of amides is 2. The summed E-state index contributed by atoms with van der Waals surface area (Å²) in [4.78, 5) is 41.3. The number of hydrogen-bond donors (Lipinski definition) is 2. The van der Waals surface area contributed by atoms with E-state index in [1.165, 1.54) is 14.0 Å². The third kappa shape index (κ3) is 3.94. The zero-order chi connectivity index (χ0) is 26.3. The topological polar surface area (TPSA) is 105 Å². The summed E-state index contributed by atoms with van der Waals surface area (Å²) in [6, 6.07) is 21.2. The van der Waals surface area contributed by atoms with Crippen LogP contribution < -0.4 is 19.7 Å². The Balaban J connectivity index is 1.60. The molecule has 2 saturated heterocycles. The summed E-state index contributed by atoms with van der Waals surface area (Å²) in [7, 11) is 1.52. The fourth-order valence-corrected chi connectivity index (χ4v) is 5.48. The molecule has 0 aromatic heterocycles. The Morgan fingerprint density at radius 1 is 1.00 bits per heavy atom. The average molecular weight is 501 g/mol. The molecule has 3 aromatic rings. The van der Waals surface area contributed by atoms with Crippen molar-refractivity contribution in [1.82, 2.24) is 5.32 Å². The number of imide groups is 1. The lowest BCUT2D eigenvalue weighted by Gasteiger charge is -2.28. The number of carbonyl (C=O) groups excluding carboxylic acids is 2. The van der Waals surface area contributed by atoms with Gasteiger partial charge >= 0.3 is 5.97 Å². The number of carbonyl (C=O) groups is 3. The molecular weight excluding hydrogens is 472 g/mol. The molecule has 4 unspecified atom stereocenters. The minimum absolute atomic E-state index is 0.243. The summed E-state index contributed by atoms with van der Waals surface area (Å²) in [6.45, 7) is 3.52. The van der Waals surface area contributed by atoms with Gasteiger partial charge in [-0.3, -0.25) is 19.7 Å². The number of ether oxygens (including phenoxy) is 2. The van der Waals surface area contributed by atoms with Crippen molar-refractivity contribution in [2.45, 2.75) is 32.0 Å². The summed E-state index contributed by atoms with van der Waals surface area (Å²) in [5.41, 5.74) is 1.04. The maximum Gasteiger partial charge on any atom is 0.324 e. The van der Waals surface area contributed by atoms with Gasteiger partial charge in [-0.15, -0.1) is 0 Å². The SMILES string of the molecule is COc1cccc(C2NC(C)(C(=O)O)C3C(=O)N(c4ccccc4C)C(=O)C23)c1OCc1ccccc1. The molecule has 2 aliphatic rings. The molecule has 4 atom stereocenters. The first kappa shape index (κ1) is 24.5. The molecule has 2 aliphatic heterocycles. The second-order valence-corrected chi connectivity index (χ2v) is 9.58. The average Bonchev–Trinajstić information content (AvgIpc) is 3.36. The molecule has 0 aliphatic carbocycles. The van der Waals surface area contributed by atoms with Gasteiger partial charge in [0.1, 0.15) is 12.1 Å². The molecule has 8 nitrogen and oxygen atoms in total. The lowest BCUT2D eigenvalue weighted by atomic mass is 9.80. The van der Waals surface area contributed by atoms with E-state index in [4.69, 9.17) is 9.47 Å². The van der Waals surface area contributed by atoms with Gasteiger partial charge in [0.05, 0.1) is 24.6 Å². The van der Waals surface area contributed by atoms with E-state index in [9.17, 15) is 19.5 Å². The van der Waals surface area contributed by atoms with Crippen LogP contribution in [-0.2, 0) is 21.0 Å². The number of fused-ring (bicyclic) bond motifs is 1. The lowest BCUT2D eigenvalue weighted by molar-refractivity contribution is -0.147. The van der Waals surface area contributed by atoms with E-state index in [1.807, 2.05) is 49.4 Å². The number of methoxy groups -OCH3 is 1. The van der Waals surface area contributed by atoms with Crippen LogP contribution in [0.4, 0.5) is 5.69 Å². The second kappa shape index (κ2) is 9.37. The first-order chi connectivity index (χ1) is 17.8. The van der Waals surface area contributed by atoms with Crippen molar-refractivity contribution in [1.29, 1.82) is 0 Å². The number of rotatable bonds is 7. The first-order valence-corrected chi connectivity index (χ1v) is 12.1. The van der Waals surface area contributed by atoms with Crippen molar-refractivity contribution in [3.8, 4) is 11.5 Å². The van der Waals surface area contributed by atoms with Crippen LogP contribution in [0.1, 0.15) is 29.7 Å². The van der Waals surface area contributed by atoms with E-state index in [1.54, 1.807) is 30.3 Å². The van der Waals surface area contributed by atoms with Crippen molar-refractivity contribution in [2.24, 2.45) is 11.8 Å². The van der Waals surface area contributed by atoms with Crippen LogP contribution in [0, 0.1) is 18.8 Å². The van der Waals surface area contributed by atoms with Gasteiger partial charge < -0.3 is 14.6 Å². The van der Waals surface area contributed by atoms with Gasteiger partial charge in [0.15, 0.2) is 11.5 Å². The van der Waals surface area contributed by atoms with Crippen LogP contribution in [0.25, 0.3) is 0 Å². The predicted octanol–water partition coefficient (Wildman–Crippen LogP) is 3.88. The zero-order valence-corrected chi connectivity index (χ0v) is 20.8. The van der Waals surface area contributed by atoms with Crippen LogP contribution in [-0.4, -0.2) is 35.5 Å². The van der Waals surface area contributed by atoms with Crippen LogP contribution in [0.3, 0.4) is 0 Å². The molecule has 2 heterocycles. The molecular formula is C29H28N2O6. The molecule has 0 spiro atoms. The lowest BCUT2D eigenvalue weighted by Crippen LogP contribution is -2.53. The normalized spacial score (nSPS) is 24.7. The van der Waals surface area contributed by atoms with E-state index < -0.39 is 41.2 Å². The van der Waals surface area contributed by atoms with Crippen molar-refractivity contribution >= 4 is 23.5 Å². The van der Waals surface area contributed by atoms with Gasteiger partial charge in [0.2, 0.25) is 11.8 Å². The largest absolute Gasteiger partial charge is 0.493 e. The molecule has 2 fully saturated rings. The molecule has 5 rings (SSSR count). The molecule has 0 bridgehead atoms. The van der Waals surface area contributed by atoms with Crippen molar-refractivity contribution in [3.05, 3.63) is 89.5 Å². The minimum Gasteiger partial charge on any atom is -0.493 e. The fourth-order valence-electron chi connectivity index (χ4n) is 5.48. The summed E-state index contributed by atoms with van der Waals surface area (Å²) in [5, 5.41) is 13.3. The molecule has 190 valence electrons. The number of aliphatic carboxylic acids is 1. The number of para-hydroxylation sites is 2. The van der Waals surface area contributed by atoms with Crippen molar-refractivity contribution in [2.75, 3.05) is 12.0 Å². The summed E-state index contributed by atoms with van der Waals surface area (Å²) in [5.74, 6) is -3.37. The van der Waals surface area contributed by atoms with Gasteiger partial charge in [-0.1, -0.05) is 60.7 Å². The van der Waals surface area contributed by atoms with Crippen LogP contribution in [0.2, 0.25) is 0 Å². The van der Waals surface area contributed by atoms with Gasteiger partial charge in [-0.05, 0) is 37.1 Å². The first-order valence-electron chi connectivity index (χ1n) is 12.1. The Labute approximate surface area is 214 Å².